The highest BCUT2D eigenvalue weighted by Gasteiger charge is 2.55. The molecule has 1 heterocycles. The van der Waals surface area contributed by atoms with Crippen LogP contribution < -0.4 is 5.73 Å². The Morgan fingerprint density at radius 1 is 1.13 bits per heavy atom. The Labute approximate surface area is 183 Å². The molecule has 5 atom stereocenters. The zero-order valence-corrected chi connectivity index (χ0v) is 19.6. The zero-order chi connectivity index (χ0) is 21.7. The Balaban J connectivity index is 1.69. The fraction of sp³-hybridized carbons (Fsp3) is 0.667. The molecule has 2 N–H and O–H groups in total. The number of amides is 1. The van der Waals surface area contributed by atoms with Gasteiger partial charge in [-0.2, -0.15) is 0 Å². The van der Waals surface area contributed by atoms with Crippen LogP contribution in [0.5, 0.6) is 0 Å². The van der Waals surface area contributed by atoms with E-state index >= 15 is 0 Å². The first-order chi connectivity index (χ1) is 14.1. The molecule has 2 saturated carbocycles. The van der Waals surface area contributed by atoms with Crippen molar-refractivity contribution in [2.45, 2.75) is 78.2 Å². The molecule has 0 aromatic heterocycles. The summed E-state index contributed by atoms with van der Waals surface area (Å²) in [6.45, 7) is 12.8. The van der Waals surface area contributed by atoms with Crippen LogP contribution in [0.2, 0.25) is 0 Å². The third-order valence-electron chi connectivity index (χ3n) is 8.64. The molecule has 1 aromatic rings. The van der Waals surface area contributed by atoms with Gasteiger partial charge in [-0.3, -0.25) is 4.79 Å². The predicted octanol–water partition coefficient (Wildman–Crippen LogP) is 5.30. The van der Waals surface area contributed by atoms with Crippen molar-refractivity contribution in [3.63, 3.8) is 0 Å². The molecule has 3 heteroatoms. The first kappa shape index (κ1) is 21.6. The SMILES string of the molecule is C/C=C1\C(C)CC2(c3ccccc3)CC1CC(C)(C(=O)N1CCC(N)C(C)(C)C1)C2. The molecular formula is C27H40N2O. The normalized spacial score (nSPS) is 39.7. The van der Waals surface area contributed by atoms with E-state index in [0.717, 1.165) is 38.8 Å². The Morgan fingerprint density at radius 2 is 1.83 bits per heavy atom. The summed E-state index contributed by atoms with van der Waals surface area (Å²) in [7, 11) is 0. The summed E-state index contributed by atoms with van der Waals surface area (Å²) in [6.07, 6.45) is 7.51. The van der Waals surface area contributed by atoms with Crippen molar-refractivity contribution in [3.05, 3.63) is 47.5 Å². The van der Waals surface area contributed by atoms with E-state index in [0.29, 0.717) is 17.7 Å². The number of fused-ring (bicyclic) bond motifs is 2. The van der Waals surface area contributed by atoms with Crippen molar-refractivity contribution in [1.82, 2.24) is 4.90 Å². The molecular weight excluding hydrogens is 368 g/mol. The molecule has 2 aliphatic carbocycles. The second kappa shape index (κ2) is 7.51. The molecule has 3 fully saturated rings. The lowest BCUT2D eigenvalue weighted by molar-refractivity contribution is -0.150. The Kier molecular flexibility index (Phi) is 5.41. The van der Waals surface area contributed by atoms with Crippen LogP contribution in [0.15, 0.2) is 42.0 Å². The van der Waals surface area contributed by atoms with Gasteiger partial charge in [0.05, 0.1) is 0 Å². The molecule has 30 heavy (non-hydrogen) atoms. The van der Waals surface area contributed by atoms with Crippen LogP contribution in [-0.4, -0.2) is 29.9 Å². The van der Waals surface area contributed by atoms with Gasteiger partial charge in [0.1, 0.15) is 0 Å². The number of hydrogen-bond acceptors (Lipinski definition) is 2. The van der Waals surface area contributed by atoms with Gasteiger partial charge >= 0.3 is 0 Å². The minimum Gasteiger partial charge on any atom is -0.342 e. The maximum Gasteiger partial charge on any atom is 0.228 e. The van der Waals surface area contributed by atoms with E-state index in [9.17, 15) is 4.79 Å². The smallest absolute Gasteiger partial charge is 0.228 e. The Morgan fingerprint density at radius 3 is 2.47 bits per heavy atom. The lowest BCUT2D eigenvalue weighted by atomic mass is 9.49. The number of likely N-dealkylation sites (tertiary alicyclic amines) is 1. The monoisotopic (exact) mass is 408 g/mol. The first-order valence-corrected chi connectivity index (χ1v) is 11.9. The maximum absolute atomic E-state index is 14.0. The molecule has 1 amide bonds. The molecule has 1 aliphatic heterocycles. The standard InChI is InChI=1S/C27H40N2O/c1-6-22-19(2)14-27(21-10-8-7-9-11-21)16-20(22)15-26(5,17-27)24(30)29-13-12-23(28)25(3,4)18-29/h6-11,19-20,23H,12-18,28H2,1-5H3/b22-6+. The number of carbonyl (C=O) groups is 1. The topological polar surface area (TPSA) is 46.3 Å². The molecule has 0 spiro atoms. The van der Waals surface area contributed by atoms with E-state index in [-0.39, 0.29) is 22.3 Å². The lowest BCUT2D eigenvalue weighted by Gasteiger charge is -2.56. The van der Waals surface area contributed by atoms with Crippen molar-refractivity contribution < 1.29 is 4.79 Å². The van der Waals surface area contributed by atoms with Gasteiger partial charge in [0.2, 0.25) is 5.91 Å². The summed E-state index contributed by atoms with van der Waals surface area (Å²) in [6, 6.07) is 11.2. The fourth-order valence-corrected chi connectivity index (χ4v) is 7.22. The van der Waals surface area contributed by atoms with Crippen LogP contribution in [0.1, 0.15) is 72.3 Å². The van der Waals surface area contributed by atoms with E-state index in [1.54, 1.807) is 5.57 Å². The summed E-state index contributed by atoms with van der Waals surface area (Å²) in [5, 5.41) is 0. The maximum atomic E-state index is 14.0. The van der Waals surface area contributed by atoms with Gasteiger partial charge in [-0.25, -0.2) is 0 Å². The minimum atomic E-state index is -0.315. The third-order valence-corrected chi connectivity index (χ3v) is 8.64. The van der Waals surface area contributed by atoms with Crippen LogP contribution in [-0.2, 0) is 10.2 Å². The second-order valence-electron chi connectivity index (χ2n) is 11.5. The molecule has 3 nitrogen and oxygen atoms in total. The molecule has 1 saturated heterocycles. The van der Waals surface area contributed by atoms with Crippen molar-refractivity contribution in [2.24, 2.45) is 28.4 Å². The molecule has 5 unspecified atom stereocenters. The number of piperidine rings is 1. The lowest BCUT2D eigenvalue weighted by Crippen LogP contribution is -2.59. The van der Waals surface area contributed by atoms with Gasteiger partial charge in [-0.1, -0.05) is 69.7 Å². The summed E-state index contributed by atoms with van der Waals surface area (Å²) in [5.41, 5.74) is 9.13. The number of carbonyl (C=O) groups excluding carboxylic acids is 1. The highest BCUT2D eigenvalue weighted by atomic mass is 16.2. The zero-order valence-electron chi connectivity index (χ0n) is 19.6. The Hall–Kier alpha value is -1.61. The van der Waals surface area contributed by atoms with Crippen molar-refractivity contribution in [1.29, 1.82) is 0 Å². The fourth-order valence-electron chi connectivity index (χ4n) is 7.22. The van der Waals surface area contributed by atoms with Gasteiger partial charge in [-0.05, 0) is 67.3 Å². The van der Waals surface area contributed by atoms with Crippen molar-refractivity contribution >= 4 is 5.91 Å². The van der Waals surface area contributed by atoms with E-state index in [2.05, 4.69) is 75.9 Å². The number of nitrogens with zero attached hydrogens (tertiary/aromatic N) is 1. The van der Waals surface area contributed by atoms with Crippen LogP contribution in [0, 0.1) is 22.7 Å². The molecule has 4 rings (SSSR count). The summed E-state index contributed by atoms with van der Waals surface area (Å²) in [4.78, 5) is 16.2. The third kappa shape index (κ3) is 3.53. The largest absolute Gasteiger partial charge is 0.342 e. The van der Waals surface area contributed by atoms with Crippen LogP contribution in [0.4, 0.5) is 0 Å². The minimum absolute atomic E-state index is 0.0189. The van der Waals surface area contributed by atoms with Gasteiger partial charge in [-0.15, -0.1) is 0 Å². The average molecular weight is 409 g/mol. The number of nitrogens with two attached hydrogens (primary N) is 1. The molecule has 2 bridgehead atoms. The van der Waals surface area contributed by atoms with E-state index in [1.807, 2.05) is 0 Å². The van der Waals surface area contributed by atoms with Gasteiger partial charge in [0, 0.05) is 24.5 Å². The average Bonchev–Trinajstić information content (AvgIpc) is 2.69. The van der Waals surface area contributed by atoms with Gasteiger partial charge in [0.15, 0.2) is 0 Å². The highest BCUT2D eigenvalue weighted by Crippen LogP contribution is 2.60. The first-order valence-electron chi connectivity index (χ1n) is 11.9. The molecule has 0 radical (unpaired) electrons. The summed E-state index contributed by atoms with van der Waals surface area (Å²) in [5.74, 6) is 1.44. The summed E-state index contributed by atoms with van der Waals surface area (Å²) >= 11 is 0. The van der Waals surface area contributed by atoms with Gasteiger partial charge < -0.3 is 10.6 Å². The predicted molar refractivity (Wildman–Crippen MR) is 124 cm³/mol. The van der Waals surface area contributed by atoms with Crippen molar-refractivity contribution in [2.75, 3.05) is 13.1 Å². The highest BCUT2D eigenvalue weighted by molar-refractivity contribution is 5.83. The van der Waals surface area contributed by atoms with Crippen LogP contribution >= 0.6 is 0 Å². The van der Waals surface area contributed by atoms with Crippen molar-refractivity contribution in [3.8, 4) is 0 Å². The number of rotatable bonds is 2. The second-order valence-corrected chi connectivity index (χ2v) is 11.5. The Bertz CT molecular complexity index is 825. The number of benzene rings is 1. The van der Waals surface area contributed by atoms with Crippen LogP contribution in [0.3, 0.4) is 0 Å². The quantitative estimate of drug-likeness (QED) is 0.675. The van der Waals surface area contributed by atoms with E-state index in [1.165, 1.54) is 12.0 Å². The summed E-state index contributed by atoms with van der Waals surface area (Å²) < 4.78 is 0. The van der Waals surface area contributed by atoms with E-state index in [4.69, 9.17) is 5.73 Å². The van der Waals surface area contributed by atoms with Gasteiger partial charge in [0.25, 0.3) is 0 Å². The van der Waals surface area contributed by atoms with Crippen LogP contribution in [0.25, 0.3) is 0 Å². The molecule has 1 aromatic carbocycles. The van der Waals surface area contributed by atoms with E-state index < -0.39 is 0 Å². The number of hydrogen-bond donors (Lipinski definition) is 1. The molecule has 164 valence electrons. The number of allylic oxidation sites excluding steroid dienone is 2. The molecule has 3 aliphatic rings.